The second-order valence-corrected chi connectivity index (χ2v) is 6.79. The maximum absolute atomic E-state index is 6.20. The molecule has 1 aliphatic carbocycles. The van der Waals surface area contributed by atoms with Crippen molar-refractivity contribution in [1.29, 1.82) is 0 Å². The zero-order valence-corrected chi connectivity index (χ0v) is 13.9. The van der Waals surface area contributed by atoms with Gasteiger partial charge in [0, 0.05) is 0 Å². The molecule has 0 aromatic heterocycles. The van der Waals surface area contributed by atoms with Crippen LogP contribution in [-0.4, -0.2) is 19.3 Å². The van der Waals surface area contributed by atoms with Gasteiger partial charge in [-0.05, 0) is 61.3 Å². The largest absolute Gasteiger partial charge is 0.494 e. The smallest absolute Gasteiger partial charge is 0.119 e. The van der Waals surface area contributed by atoms with Crippen LogP contribution in [0.3, 0.4) is 0 Å². The predicted octanol–water partition coefficient (Wildman–Crippen LogP) is 5.08. The van der Waals surface area contributed by atoms with E-state index in [1.807, 2.05) is 19.1 Å². The summed E-state index contributed by atoms with van der Waals surface area (Å²) in [6.07, 6.45) is 9.35. The fourth-order valence-electron chi connectivity index (χ4n) is 3.70. The molecule has 0 radical (unpaired) electrons. The van der Waals surface area contributed by atoms with Gasteiger partial charge in [0.05, 0.1) is 19.3 Å². The number of rotatable bonds is 4. The van der Waals surface area contributed by atoms with Crippen molar-refractivity contribution < 1.29 is 9.47 Å². The quantitative estimate of drug-likeness (QED) is 0.771. The normalized spacial score (nSPS) is 29.0. The lowest BCUT2D eigenvalue weighted by molar-refractivity contribution is 0.0102. The van der Waals surface area contributed by atoms with Gasteiger partial charge in [0.25, 0.3) is 0 Å². The van der Waals surface area contributed by atoms with Crippen LogP contribution in [0.5, 0.6) is 5.75 Å². The SMILES string of the molecule is CCOc1ccc(C2=CCC(C3CCC(C)CC3)OC2)cc1. The Balaban J connectivity index is 1.58. The molecule has 120 valence electrons. The summed E-state index contributed by atoms with van der Waals surface area (Å²) < 4.78 is 11.7. The molecule has 1 fully saturated rings. The Morgan fingerprint density at radius 3 is 2.41 bits per heavy atom. The third-order valence-electron chi connectivity index (χ3n) is 5.17. The van der Waals surface area contributed by atoms with E-state index >= 15 is 0 Å². The molecule has 3 rings (SSSR count). The van der Waals surface area contributed by atoms with Crippen LogP contribution in [0.15, 0.2) is 30.3 Å². The maximum atomic E-state index is 6.20. The van der Waals surface area contributed by atoms with Crippen molar-refractivity contribution in [2.75, 3.05) is 13.2 Å². The molecule has 0 amide bonds. The lowest BCUT2D eigenvalue weighted by atomic mass is 9.79. The number of benzene rings is 1. The number of ether oxygens (including phenoxy) is 2. The lowest BCUT2D eigenvalue weighted by Gasteiger charge is -2.34. The Morgan fingerprint density at radius 1 is 1.09 bits per heavy atom. The molecule has 2 heteroatoms. The van der Waals surface area contributed by atoms with E-state index in [0.29, 0.717) is 12.7 Å². The van der Waals surface area contributed by atoms with Gasteiger partial charge in [-0.3, -0.25) is 0 Å². The van der Waals surface area contributed by atoms with Gasteiger partial charge in [0.15, 0.2) is 0 Å². The lowest BCUT2D eigenvalue weighted by Crippen LogP contribution is -2.30. The van der Waals surface area contributed by atoms with E-state index in [1.165, 1.54) is 36.8 Å². The first-order valence-electron chi connectivity index (χ1n) is 8.80. The molecule has 22 heavy (non-hydrogen) atoms. The molecule has 1 unspecified atom stereocenters. The van der Waals surface area contributed by atoms with E-state index in [9.17, 15) is 0 Å². The molecular weight excluding hydrogens is 272 g/mol. The third-order valence-corrected chi connectivity index (χ3v) is 5.17. The average molecular weight is 300 g/mol. The molecule has 1 aromatic carbocycles. The highest BCUT2D eigenvalue weighted by Crippen LogP contribution is 2.35. The van der Waals surface area contributed by atoms with E-state index in [1.54, 1.807) is 0 Å². The highest BCUT2D eigenvalue weighted by molar-refractivity contribution is 5.67. The summed E-state index contributed by atoms with van der Waals surface area (Å²) >= 11 is 0. The van der Waals surface area contributed by atoms with Crippen LogP contribution in [0, 0.1) is 11.8 Å². The van der Waals surface area contributed by atoms with Gasteiger partial charge in [-0.25, -0.2) is 0 Å². The Morgan fingerprint density at radius 2 is 1.82 bits per heavy atom. The molecule has 2 aliphatic rings. The van der Waals surface area contributed by atoms with Gasteiger partial charge in [-0.1, -0.05) is 38.0 Å². The number of hydrogen-bond acceptors (Lipinski definition) is 2. The van der Waals surface area contributed by atoms with E-state index in [2.05, 4.69) is 25.1 Å². The monoisotopic (exact) mass is 300 g/mol. The van der Waals surface area contributed by atoms with E-state index in [0.717, 1.165) is 30.6 Å². The maximum Gasteiger partial charge on any atom is 0.119 e. The van der Waals surface area contributed by atoms with E-state index < -0.39 is 0 Å². The van der Waals surface area contributed by atoms with Crippen LogP contribution in [0.4, 0.5) is 0 Å². The fourth-order valence-corrected chi connectivity index (χ4v) is 3.70. The minimum absolute atomic E-state index is 0.443. The summed E-state index contributed by atoms with van der Waals surface area (Å²) in [7, 11) is 0. The molecule has 2 nitrogen and oxygen atoms in total. The van der Waals surface area contributed by atoms with Crippen molar-refractivity contribution in [3.05, 3.63) is 35.9 Å². The predicted molar refractivity (Wildman–Crippen MR) is 91.1 cm³/mol. The Kier molecular flexibility index (Phi) is 5.20. The van der Waals surface area contributed by atoms with Crippen molar-refractivity contribution in [2.24, 2.45) is 11.8 Å². The van der Waals surface area contributed by atoms with Crippen molar-refractivity contribution >= 4 is 5.57 Å². The summed E-state index contributed by atoms with van der Waals surface area (Å²) in [6.45, 7) is 5.86. The second kappa shape index (κ2) is 7.32. The summed E-state index contributed by atoms with van der Waals surface area (Å²) in [6, 6.07) is 8.38. The molecular formula is C20H28O2. The second-order valence-electron chi connectivity index (χ2n) is 6.79. The molecule has 0 bridgehead atoms. The van der Waals surface area contributed by atoms with Gasteiger partial charge in [0.1, 0.15) is 5.75 Å². The fraction of sp³-hybridized carbons (Fsp3) is 0.600. The minimum atomic E-state index is 0.443. The first kappa shape index (κ1) is 15.6. The van der Waals surface area contributed by atoms with Crippen LogP contribution < -0.4 is 4.74 Å². The van der Waals surface area contributed by atoms with Crippen LogP contribution in [0.1, 0.15) is 51.5 Å². The molecule has 1 aliphatic heterocycles. The first-order valence-corrected chi connectivity index (χ1v) is 8.80. The van der Waals surface area contributed by atoms with Gasteiger partial charge in [0.2, 0.25) is 0 Å². The van der Waals surface area contributed by atoms with Crippen molar-refractivity contribution in [2.45, 2.75) is 52.1 Å². The van der Waals surface area contributed by atoms with Crippen molar-refractivity contribution in [3.8, 4) is 5.75 Å². The van der Waals surface area contributed by atoms with Gasteiger partial charge in [-0.2, -0.15) is 0 Å². The highest BCUT2D eigenvalue weighted by Gasteiger charge is 2.28. The standard InChI is InChI=1S/C20H28O2/c1-3-21-19-11-8-16(9-12-19)18-10-13-20(22-14-18)17-6-4-15(2)5-7-17/h8-12,15,17,20H,3-7,13-14H2,1-2H3. The van der Waals surface area contributed by atoms with Crippen molar-refractivity contribution in [1.82, 2.24) is 0 Å². The van der Waals surface area contributed by atoms with Crippen molar-refractivity contribution in [3.63, 3.8) is 0 Å². The molecule has 1 aromatic rings. The third kappa shape index (κ3) is 3.73. The Bertz CT molecular complexity index is 495. The molecule has 0 saturated heterocycles. The molecule has 0 spiro atoms. The van der Waals surface area contributed by atoms with E-state index in [4.69, 9.17) is 9.47 Å². The average Bonchev–Trinajstić information content (AvgIpc) is 2.57. The van der Waals surface area contributed by atoms with Gasteiger partial charge >= 0.3 is 0 Å². The zero-order valence-electron chi connectivity index (χ0n) is 13.9. The van der Waals surface area contributed by atoms with Crippen LogP contribution in [0.2, 0.25) is 0 Å². The summed E-state index contributed by atoms with van der Waals surface area (Å²) in [4.78, 5) is 0. The highest BCUT2D eigenvalue weighted by atomic mass is 16.5. The Hall–Kier alpha value is -1.28. The summed E-state index contributed by atoms with van der Waals surface area (Å²) in [5.41, 5.74) is 2.59. The molecule has 1 saturated carbocycles. The molecule has 0 N–H and O–H groups in total. The number of hydrogen-bond donors (Lipinski definition) is 0. The summed E-state index contributed by atoms with van der Waals surface area (Å²) in [5, 5.41) is 0. The van der Waals surface area contributed by atoms with Gasteiger partial charge in [-0.15, -0.1) is 0 Å². The van der Waals surface area contributed by atoms with Crippen LogP contribution >= 0.6 is 0 Å². The Labute approximate surface area is 134 Å². The van der Waals surface area contributed by atoms with Gasteiger partial charge < -0.3 is 9.47 Å². The van der Waals surface area contributed by atoms with Crippen LogP contribution in [-0.2, 0) is 4.74 Å². The first-order chi connectivity index (χ1) is 10.8. The molecule has 1 heterocycles. The summed E-state index contributed by atoms with van der Waals surface area (Å²) in [5.74, 6) is 2.63. The van der Waals surface area contributed by atoms with E-state index in [-0.39, 0.29) is 0 Å². The molecule has 1 atom stereocenters. The topological polar surface area (TPSA) is 18.5 Å². The van der Waals surface area contributed by atoms with Crippen LogP contribution in [0.25, 0.3) is 5.57 Å². The zero-order chi connectivity index (χ0) is 15.4. The minimum Gasteiger partial charge on any atom is -0.494 e.